The van der Waals surface area contributed by atoms with Crippen molar-refractivity contribution in [3.63, 3.8) is 0 Å². The number of phenols is 1. The first-order valence-corrected chi connectivity index (χ1v) is 9.92. The number of anilines is 2. The van der Waals surface area contributed by atoms with Crippen molar-refractivity contribution in [2.24, 2.45) is 5.92 Å². The number of para-hydroxylation sites is 1. The van der Waals surface area contributed by atoms with E-state index in [2.05, 4.69) is 28.9 Å². The smallest absolute Gasteiger partial charge is 0.255 e. The van der Waals surface area contributed by atoms with Crippen LogP contribution in [0.15, 0.2) is 84.9 Å². The van der Waals surface area contributed by atoms with Crippen LogP contribution in [0, 0.1) is 5.92 Å². The second-order valence-electron chi connectivity index (χ2n) is 7.66. The topological polar surface area (TPSA) is 61.4 Å². The average molecular weight is 382 g/mol. The Morgan fingerprint density at radius 3 is 2.59 bits per heavy atom. The minimum atomic E-state index is -0.111. The third kappa shape index (κ3) is 3.17. The van der Waals surface area contributed by atoms with Crippen LogP contribution >= 0.6 is 0 Å². The normalized spacial score (nSPS) is 21.7. The summed E-state index contributed by atoms with van der Waals surface area (Å²) in [6, 6.07) is 22.8. The van der Waals surface area contributed by atoms with Gasteiger partial charge in [-0.15, -0.1) is 0 Å². The number of fused-ring (bicyclic) bond motifs is 3. The molecular formula is C25H22N2O2. The Balaban J connectivity index is 1.46. The molecule has 144 valence electrons. The summed E-state index contributed by atoms with van der Waals surface area (Å²) in [5.74, 6) is 0.797. The largest absolute Gasteiger partial charge is 0.508 e. The van der Waals surface area contributed by atoms with E-state index in [0.29, 0.717) is 17.2 Å². The Hall–Kier alpha value is -3.53. The fourth-order valence-electron chi connectivity index (χ4n) is 4.52. The van der Waals surface area contributed by atoms with Crippen LogP contribution in [0.2, 0.25) is 0 Å². The summed E-state index contributed by atoms with van der Waals surface area (Å²) in [7, 11) is 0. The molecule has 0 spiro atoms. The van der Waals surface area contributed by atoms with Crippen LogP contribution in [0.3, 0.4) is 0 Å². The fraction of sp³-hybridized carbons (Fsp3) is 0.160. The molecule has 4 heteroatoms. The van der Waals surface area contributed by atoms with Gasteiger partial charge in [0.1, 0.15) is 5.75 Å². The molecule has 0 saturated heterocycles. The third-order valence-corrected chi connectivity index (χ3v) is 5.93. The number of carbonyl (C=O) groups is 1. The molecule has 2 aliphatic rings. The molecule has 0 radical (unpaired) electrons. The van der Waals surface area contributed by atoms with E-state index in [4.69, 9.17) is 0 Å². The third-order valence-electron chi connectivity index (χ3n) is 5.93. The first-order valence-electron chi connectivity index (χ1n) is 9.92. The molecule has 0 aromatic heterocycles. The van der Waals surface area contributed by atoms with E-state index in [0.717, 1.165) is 23.4 Å². The molecular weight excluding hydrogens is 360 g/mol. The number of allylic oxidation sites excluding steroid dienone is 2. The monoisotopic (exact) mass is 382 g/mol. The molecule has 29 heavy (non-hydrogen) atoms. The molecule has 3 aromatic rings. The minimum Gasteiger partial charge on any atom is -0.508 e. The number of rotatable bonds is 3. The molecule has 3 unspecified atom stereocenters. The quantitative estimate of drug-likeness (QED) is 0.526. The standard InChI is InChI=1S/C25H22N2O2/c28-23-12-5-4-9-20(23)24-19-11-6-10-18(19)21-15-17(13-14-22(21)27-24)26-25(29)16-7-2-1-3-8-16/h1-10,12-15,18-19,24,27-28H,11H2,(H,26,29). The van der Waals surface area contributed by atoms with Crippen molar-refractivity contribution in [3.8, 4) is 5.75 Å². The van der Waals surface area contributed by atoms with E-state index in [1.807, 2.05) is 60.7 Å². The molecule has 3 aromatic carbocycles. The highest BCUT2D eigenvalue weighted by Gasteiger charge is 2.38. The minimum absolute atomic E-state index is 0.0495. The van der Waals surface area contributed by atoms with Crippen LogP contribution in [-0.2, 0) is 0 Å². The number of hydrogen-bond donors (Lipinski definition) is 3. The zero-order valence-electron chi connectivity index (χ0n) is 15.9. The van der Waals surface area contributed by atoms with Crippen LogP contribution in [0.25, 0.3) is 0 Å². The van der Waals surface area contributed by atoms with Crippen molar-refractivity contribution in [2.75, 3.05) is 10.6 Å². The van der Waals surface area contributed by atoms with Crippen LogP contribution in [0.5, 0.6) is 5.75 Å². The molecule has 0 fully saturated rings. The van der Waals surface area contributed by atoms with Gasteiger partial charge in [-0.2, -0.15) is 0 Å². The van der Waals surface area contributed by atoms with E-state index in [1.165, 1.54) is 5.56 Å². The molecule has 3 N–H and O–H groups in total. The van der Waals surface area contributed by atoms with Crippen molar-refractivity contribution in [1.82, 2.24) is 0 Å². The Bertz CT molecular complexity index is 1090. The summed E-state index contributed by atoms with van der Waals surface area (Å²) in [5, 5.41) is 17.0. The lowest BCUT2D eigenvalue weighted by Gasteiger charge is -2.38. The first-order chi connectivity index (χ1) is 14.2. The Labute approximate surface area is 169 Å². The van der Waals surface area contributed by atoms with Gasteiger partial charge in [0, 0.05) is 28.4 Å². The number of carbonyl (C=O) groups excluding carboxylic acids is 1. The number of benzene rings is 3. The van der Waals surface area contributed by atoms with Crippen LogP contribution in [0.4, 0.5) is 11.4 Å². The predicted octanol–water partition coefficient (Wildman–Crippen LogP) is 5.47. The Morgan fingerprint density at radius 2 is 1.76 bits per heavy atom. The lowest BCUT2D eigenvalue weighted by atomic mass is 9.76. The molecule has 1 aliphatic carbocycles. The van der Waals surface area contributed by atoms with E-state index < -0.39 is 0 Å². The highest BCUT2D eigenvalue weighted by molar-refractivity contribution is 6.04. The molecule has 5 rings (SSSR count). The van der Waals surface area contributed by atoms with Crippen molar-refractivity contribution in [1.29, 1.82) is 0 Å². The summed E-state index contributed by atoms with van der Waals surface area (Å²) in [6.07, 6.45) is 5.42. The summed E-state index contributed by atoms with van der Waals surface area (Å²) in [4.78, 5) is 12.5. The molecule has 1 heterocycles. The van der Waals surface area contributed by atoms with Gasteiger partial charge in [0.2, 0.25) is 0 Å². The lowest BCUT2D eigenvalue weighted by Crippen LogP contribution is -2.29. The second kappa shape index (κ2) is 7.13. The second-order valence-corrected chi connectivity index (χ2v) is 7.66. The van der Waals surface area contributed by atoms with E-state index in [9.17, 15) is 9.90 Å². The maximum Gasteiger partial charge on any atom is 0.255 e. The number of phenolic OH excluding ortho intramolecular Hbond substituents is 1. The molecule has 1 aliphatic heterocycles. The van der Waals surface area contributed by atoms with Gasteiger partial charge in [-0.3, -0.25) is 4.79 Å². The molecule has 4 nitrogen and oxygen atoms in total. The summed E-state index contributed by atoms with van der Waals surface area (Å²) >= 11 is 0. The van der Waals surface area contributed by atoms with Gasteiger partial charge in [-0.1, -0.05) is 48.6 Å². The number of hydrogen-bond acceptors (Lipinski definition) is 3. The van der Waals surface area contributed by atoms with E-state index in [1.54, 1.807) is 6.07 Å². The maximum atomic E-state index is 12.5. The van der Waals surface area contributed by atoms with Crippen molar-refractivity contribution in [3.05, 3.63) is 102 Å². The number of aromatic hydroxyl groups is 1. The maximum absolute atomic E-state index is 12.5. The molecule has 0 bridgehead atoms. The zero-order valence-corrected chi connectivity index (χ0v) is 15.9. The lowest BCUT2D eigenvalue weighted by molar-refractivity contribution is 0.102. The summed E-state index contributed by atoms with van der Waals surface area (Å²) in [6.45, 7) is 0. The SMILES string of the molecule is O=C(Nc1ccc2c(c1)C1C=CCC1C(c1ccccc1O)N2)c1ccccc1. The van der Waals surface area contributed by atoms with Gasteiger partial charge in [-0.25, -0.2) is 0 Å². The first kappa shape index (κ1) is 17.6. The molecule has 0 saturated carbocycles. The number of nitrogens with one attached hydrogen (secondary N) is 2. The van der Waals surface area contributed by atoms with Crippen LogP contribution < -0.4 is 10.6 Å². The van der Waals surface area contributed by atoms with Crippen LogP contribution in [-0.4, -0.2) is 11.0 Å². The van der Waals surface area contributed by atoms with Gasteiger partial charge < -0.3 is 15.7 Å². The van der Waals surface area contributed by atoms with Gasteiger partial charge in [-0.05, 0) is 54.3 Å². The van der Waals surface area contributed by atoms with Gasteiger partial charge in [0.25, 0.3) is 5.91 Å². The summed E-state index contributed by atoms with van der Waals surface area (Å²) < 4.78 is 0. The van der Waals surface area contributed by atoms with E-state index in [-0.39, 0.29) is 17.9 Å². The summed E-state index contributed by atoms with van der Waals surface area (Å²) in [5.41, 5.74) is 4.59. The molecule has 3 atom stereocenters. The van der Waals surface area contributed by atoms with Crippen LogP contribution in [0.1, 0.15) is 39.9 Å². The fourth-order valence-corrected chi connectivity index (χ4v) is 4.52. The van der Waals surface area contributed by atoms with Crippen molar-refractivity contribution < 1.29 is 9.90 Å². The van der Waals surface area contributed by atoms with E-state index >= 15 is 0 Å². The highest BCUT2D eigenvalue weighted by Crippen LogP contribution is 2.51. The van der Waals surface area contributed by atoms with Gasteiger partial charge in [0.05, 0.1) is 6.04 Å². The number of amides is 1. The Kier molecular flexibility index (Phi) is 4.32. The average Bonchev–Trinajstić information content (AvgIpc) is 3.25. The van der Waals surface area contributed by atoms with Crippen molar-refractivity contribution in [2.45, 2.75) is 18.4 Å². The van der Waals surface area contributed by atoms with Gasteiger partial charge in [0.15, 0.2) is 0 Å². The predicted molar refractivity (Wildman–Crippen MR) is 115 cm³/mol. The highest BCUT2D eigenvalue weighted by atomic mass is 16.3. The Morgan fingerprint density at radius 1 is 0.966 bits per heavy atom. The molecule has 1 amide bonds. The van der Waals surface area contributed by atoms with Crippen molar-refractivity contribution >= 4 is 17.3 Å². The zero-order chi connectivity index (χ0) is 19.8. The van der Waals surface area contributed by atoms with Gasteiger partial charge >= 0.3 is 0 Å².